The Hall–Kier alpha value is -1.82. The van der Waals surface area contributed by atoms with E-state index < -0.39 is 12.6 Å². The van der Waals surface area contributed by atoms with E-state index in [1.807, 2.05) is 4.90 Å². The molecule has 1 fully saturated rings. The topological polar surface area (TPSA) is 69.2 Å². The van der Waals surface area contributed by atoms with Crippen molar-refractivity contribution in [3.05, 3.63) is 5.82 Å². The molecule has 1 aromatic heterocycles. The molecule has 1 aliphatic heterocycles. The van der Waals surface area contributed by atoms with Crippen LogP contribution in [0.4, 0.5) is 19.2 Å². The predicted molar refractivity (Wildman–Crippen MR) is 72.2 cm³/mol. The SMILES string of the molecule is N#CCCCN1CCN(c2nc(CCC(F)(F)F)no2)CC1. The van der Waals surface area contributed by atoms with E-state index >= 15 is 0 Å². The van der Waals surface area contributed by atoms with Gasteiger partial charge in [0.2, 0.25) is 0 Å². The Kier molecular flexibility index (Phi) is 5.60. The lowest BCUT2D eigenvalue weighted by atomic mass is 10.2. The summed E-state index contributed by atoms with van der Waals surface area (Å²) in [7, 11) is 0. The number of aryl methyl sites for hydroxylation is 1. The van der Waals surface area contributed by atoms with Crippen molar-refractivity contribution in [2.75, 3.05) is 37.6 Å². The number of alkyl halides is 3. The van der Waals surface area contributed by atoms with Crippen molar-refractivity contribution < 1.29 is 17.7 Å². The largest absolute Gasteiger partial charge is 0.389 e. The van der Waals surface area contributed by atoms with Crippen molar-refractivity contribution in [2.24, 2.45) is 0 Å². The van der Waals surface area contributed by atoms with Gasteiger partial charge in [-0.25, -0.2) is 0 Å². The molecule has 0 radical (unpaired) electrons. The summed E-state index contributed by atoms with van der Waals surface area (Å²) in [4.78, 5) is 8.15. The quantitative estimate of drug-likeness (QED) is 0.747. The standard InChI is InChI=1S/C13H18F3N5O/c14-13(15,16)4-3-11-18-12(22-19-11)21-9-7-20(8-10-21)6-2-1-5-17/h1-4,6-10H2. The third kappa shape index (κ3) is 5.18. The third-order valence-electron chi connectivity index (χ3n) is 3.50. The second kappa shape index (κ2) is 7.45. The number of halogens is 3. The molecule has 2 heterocycles. The maximum absolute atomic E-state index is 12.2. The van der Waals surface area contributed by atoms with Crippen molar-refractivity contribution in [1.29, 1.82) is 5.26 Å². The van der Waals surface area contributed by atoms with Gasteiger partial charge in [-0.1, -0.05) is 5.16 Å². The van der Waals surface area contributed by atoms with Crippen LogP contribution in [0.5, 0.6) is 0 Å². The number of unbranched alkanes of at least 4 members (excludes halogenated alkanes) is 1. The van der Waals surface area contributed by atoms with Crippen LogP contribution >= 0.6 is 0 Å². The number of anilines is 1. The fourth-order valence-corrected chi connectivity index (χ4v) is 2.27. The number of hydrogen-bond donors (Lipinski definition) is 0. The highest BCUT2D eigenvalue weighted by Gasteiger charge is 2.28. The van der Waals surface area contributed by atoms with E-state index in [0.29, 0.717) is 19.5 Å². The van der Waals surface area contributed by atoms with Crippen molar-refractivity contribution in [3.63, 3.8) is 0 Å². The Morgan fingerprint density at radius 3 is 2.59 bits per heavy atom. The van der Waals surface area contributed by atoms with E-state index in [4.69, 9.17) is 9.78 Å². The summed E-state index contributed by atoms with van der Waals surface area (Å²) in [6.45, 7) is 3.88. The molecule has 6 nitrogen and oxygen atoms in total. The van der Waals surface area contributed by atoms with E-state index in [-0.39, 0.29) is 18.3 Å². The van der Waals surface area contributed by atoms with Crippen LogP contribution in [0.2, 0.25) is 0 Å². The minimum atomic E-state index is -4.21. The van der Waals surface area contributed by atoms with E-state index in [2.05, 4.69) is 21.1 Å². The summed E-state index contributed by atoms with van der Waals surface area (Å²) in [5.41, 5.74) is 0. The summed E-state index contributed by atoms with van der Waals surface area (Å²) >= 11 is 0. The molecular weight excluding hydrogens is 299 g/mol. The zero-order chi connectivity index (χ0) is 16.0. The van der Waals surface area contributed by atoms with E-state index in [9.17, 15) is 13.2 Å². The number of aromatic nitrogens is 2. The predicted octanol–water partition coefficient (Wildman–Crippen LogP) is 1.99. The van der Waals surface area contributed by atoms with Crippen LogP contribution in [0.1, 0.15) is 25.1 Å². The summed E-state index contributed by atoms with van der Waals surface area (Å²) < 4.78 is 41.5. The minimum Gasteiger partial charge on any atom is -0.322 e. The number of nitriles is 1. The lowest BCUT2D eigenvalue weighted by Gasteiger charge is -2.33. The molecule has 0 N–H and O–H groups in total. The number of hydrogen-bond acceptors (Lipinski definition) is 6. The molecule has 2 rings (SSSR count). The van der Waals surface area contributed by atoms with Gasteiger partial charge in [-0.15, -0.1) is 0 Å². The molecule has 0 amide bonds. The zero-order valence-corrected chi connectivity index (χ0v) is 12.1. The second-order valence-corrected chi connectivity index (χ2v) is 5.20. The Bertz CT molecular complexity index is 503. The summed E-state index contributed by atoms with van der Waals surface area (Å²) in [6.07, 6.45) is -4.03. The van der Waals surface area contributed by atoms with Gasteiger partial charge in [-0.3, -0.25) is 4.90 Å². The summed E-state index contributed by atoms with van der Waals surface area (Å²) in [6, 6.07) is 2.40. The molecule has 0 unspecified atom stereocenters. The van der Waals surface area contributed by atoms with Crippen LogP contribution in [0.15, 0.2) is 4.52 Å². The molecular formula is C13H18F3N5O. The lowest BCUT2D eigenvalue weighted by molar-refractivity contribution is -0.134. The van der Waals surface area contributed by atoms with Crippen molar-refractivity contribution in [1.82, 2.24) is 15.0 Å². The minimum absolute atomic E-state index is 0.0868. The normalized spacial score (nSPS) is 16.7. The Labute approximate surface area is 126 Å². The smallest absolute Gasteiger partial charge is 0.322 e. The highest BCUT2D eigenvalue weighted by molar-refractivity contribution is 5.26. The van der Waals surface area contributed by atoms with E-state index in [1.165, 1.54) is 0 Å². The summed E-state index contributed by atoms with van der Waals surface area (Å²) in [5, 5.41) is 12.1. The molecule has 1 saturated heterocycles. The van der Waals surface area contributed by atoms with Gasteiger partial charge in [0.1, 0.15) is 0 Å². The summed E-state index contributed by atoms with van der Waals surface area (Å²) in [5.74, 6) is 0.0868. The van der Waals surface area contributed by atoms with Crippen molar-refractivity contribution in [2.45, 2.75) is 31.9 Å². The molecule has 1 aromatic rings. The van der Waals surface area contributed by atoms with Gasteiger partial charge in [0.25, 0.3) is 0 Å². The molecule has 0 spiro atoms. The third-order valence-corrected chi connectivity index (χ3v) is 3.50. The molecule has 0 aliphatic carbocycles. The van der Waals surface area contributed by atoms with Crippen LogP contribution < -0.4 is 4.90 Å². The monoisotopic (exact) mass is 317 g/mol. The van der Waals surface area contributed by atoms with Crippen LogP contribution in [0.25, 0.3) is 0 Å². The van der Waals surface area contributed by atoms with Crippen LogP contribution in [-0.4, -0.2) is 53.9 Å². The van der Waals surface area contributed by atoms with Gasteiger partial charge in [-0.05, 0) is 13.0 Å². The molecule has 9 heteroatoms. The molecule has 0 aromatic carbocycles. The van der Waals surface area contributed by atoms with Gasteiger partial charge in [0.05, 0.1) is 12.5 Å². The first kappa shape index (κ1) is 16.5. The van der Waals surface area contributed by atoms with Gasteiger partial charge >= 0.3 is 12.2 Å². The Morgan fingerprint density at radius 1 is 1.23 bits per heavy atom. The maximum atomic E-state index is 12.2. The van der Waals surface area contributed by atoms with E-state index in [0.717, 1.165) is 26.1 Å². The van der Waals surface area contributed by atoms with Crippen molar-refractivity contribution >= 4 is 6.01 Å². The molecule has 0 atom stereocenters. The average Bonchev–Trinajstić information content (AvgIpc) is 2.94. The average molecular weight is 317 g/mol. The van der Waals surface area contributed by atoms with E-state index in [1.54, 1.807) is 0 Å². The van der Waals surface area contributed by atoms with Crippen molar-refractivity contribution in [3.8, 4) is 6.07 Å². The fraction of sp³-hybridized carbons (Fsp3) is 0.769. The van der Waals surface area contributed by atoms with Crippen LogP contribution in [0, 0.1) is 11.3 Å². The molecule has 22 heavy (non-hydrogen) atoms. The fourth-order valence-electron chi connectivity index (χ4n) is 2.27. The lowest BCUT2D eigenvalue weighted by Crippen LogP contribution is -2.46. The number of piperazine rings is 1. The second-order valence-electron chi connectivity index (χ2n) is 5.20. The first-order chi connectivity index (χ1) is 10.5. The van der Waals surface area contributed by atoms with Gasteiger partial charge in [0, 0.05) is 39.0 Å². The Morgan fingerprint density at radius 2 is 1.95 bits per heavy atom. The Balaban J connectivity index is 1.77. The highest BCUT2D eigenvalue weighted by atomic mass is 19.4. The molecule has 1 aliphatic rings. The van der Waals surface area contributed by atoms with Gasteiger partial charge in [0.15, 0.2) is 5.82 Å². The molecule has 122 valence electrons. The first-order valence-electron chi connectivity index (χ1n) is 7.21. The number of nitrogens with zero attached hydrogens (tertiary/aromatic N) is 5. The van der Waals surface area contributed by atoms with Gasteiger partial charge < -0.3 is 9.42 Å². The first-order valence-corrected chi connectivity index (χ1v) is 7.21. The van der Waals surface area contributed by atoms with Crippen LogP contribution in [-0.2, 0) is 6.42 Å². The van der Waals surface area contributed by atoms with Crippen LogP contribution in [0.3, 0.4) is 0 Å². The maximum Gasteiger partial charge on any atom is 0.389 e. The zero-order valence-electron chi connectivity index (χ0n) is 12.1. The molecule has 0 saturated carbocycles. The number of rotatable bonds is 6. The molecule has 0 bridgehead atoms. The highest BCUT2D eigenvalue weighted by Crippen LogP contribution is 2.22. The van der Waals surface area contributed by atoms with Gasteiger partial charge in [-0.2, -0.15) is 23.4 Å².